The highest BCUT2D eigenvalue weighted by molar-refractivity contribution is 5.51. The Morgan fingerprint density at radius 2 is 1.71 bits per heavy atom. The summed E-state index contributed by atoms with van der Waals surface area (Å²) in [6.45, 7) is 3.39. The smallest absolute Gasteiger partial charge is 0.416 e. The predicted octanol–water partition coefficient (Wildman–Crippen LogP) is 4.63. The summed E-state index contributed by atoms with van der Waals surface area (Å²) in [5, 5.41) is 0. The van der Waals surface area contributed by atoms with Crippen LogP contribution in [0.15, 0.2) is 61.4 Å². The minimum Gasteiger partial charge on any atom is -0.464 e. The molecule has 106 valence electrons. The Hall–Kier alpha value is -2.67. The molecule has 2 aromatic carbocycles. The second-order valence-electron chi connectivity index (χ2n) is 4.11. The van der Waals surface area contributed by atoms with Gasteiger partial charge in [-0.15, -0.1) is 0 Å². The molecule has 21 heavy (non-hydrogen) atoms. The SMILES string of the molecule is C=COc1ccc(C(F)(F)F)cc1C#Cc1ccccc1. The first kappa shape index (κ1) is 14.7. The normalized spacial score (nSPS) is 10.4. The molecule has 0 atom stereocenters. The lowest BCUT2D eigenvalue weighted by Crippen LogP contribution is -2.05. The van der Waals surface area contributed by atoms with Gasteiger partial charge in [0.2, 0.25) is 0 Å². The Bertz CT molecular complexity index is 691. The van der Waals surface area contributed by atoms with Gasteiger partial charge in [-0.25, -0.2) is 0 Å². The number of alkyl halides is 3. The van der Waals surface area contributed by atoms with Crippen LogP contribution in [0.2, 0.25) is 0 Å². The summed E-state index contributed by atoms with van der Waals surface area (Å²) in [6, 6.07) is 12.1. The maximum atomic E-state index is 12.7. The molecule has 0 aliphatic carbocycles. The summed E-state index contributed by atoms with van der Waals surface area (Å²) < 4.78 is 43.3. The van der Waals surface area contributed by atoms with Crippen molar-refractivity contribution in [3.05, 3.63) is 78.1 Å². The van der Waals surface area contributed by atoms with Crippen LogP contribution < -0.4 is 4.74 Å². The molecule has 0 saturated carbocycles. The van der Waals surface area contributed by atoms with Crippen molar-refractivity contribution in [2.45, 2.75) is 6.18 Å². The van der Waals surface area contributed by atoms with Crippen molar-refractivity contribution < 1.29 is 17.9 Å². The Morgan fingerprint density at radius 3 is 2.33 bits per heavy atom. The summed E-state index contributed by atoms with van der Waals surface area (Å²) in [5.41, 5.74) is 0.101. The summed E-state index contributed by atoms with van der Waals surface area (Å²) in [6.07, 6.45) is -3.27. The third kappa shape index (κ3) is 3.90. The van der Waals surface area contributed by atoms with Gasteiger partial charge < -0.3 is 4.74 Å². The van der Waals surface area contributed by atoms with Crippen molar-refractivity contribution in [3.63, 3.8) is 0 Å². The molecule has 1 nitrogen and oxygen atoms in total. The highest BCUT2D eigenvalue weighted by Gasteiger charge is 2.31. The van der Waals surface area contributed by atoms with E-state index in [0.717, 1.165) is 18.4 Å². The molecule has 2 rings (SSSR count). The molecule has 0 bridgehead atoms. The standard InChI is InChI=1S/C17H11F3O/c1-2-21-16-11-10-15(17(18,19)20)12-14(16)9-8-13-6-4-3-5-7-13/h2-7,10-12H,1H2. The van der Waals surface area contributed by atoms with Gasteiger partial charge in [-0.3, -0.25) is 0 Å². The number of hydrogen-bond acceptors (Lipinski definition) is 1. The van der Waals surface area contributed by atoms with E-state index >= 15 is 0 Å². The third-order valence-electron chi connectivity index (χ3n) is 2.63. The van der Waals surface area contributed by atoms with Crippen LogP contribution in [0.25, 0.3) is 0 Å². The number of rotatable bonds is 2. The van der Waals surface area contributed by atoms with Crippen molar-refractivity contribution in [2.24, 2.45) is 0 Å². The zero-order valence-corrected chi connectivity index (χ0v) is 10.9. The van der Waals surface area contributed by atoms with E-state index in [2.05, 4.69) is 18.4 Å². The molecule has 2 aromatic rings. The average Bonchev–Trinajstić information content (AvgIpc) is 2.46. The molecule has 0 amide bonds. The molecule has 4 heteroatoms. The van der Waals surface area contributed by atoms with Crippen molar-refractivity contribution in [3.8, 4) is 17.6 Å². The molecular formula is C17H11F3O. The van der Waals surface area contributed by atoms with Gasteiger partial charge in [0.25, 0.3) is 0 Å². The fraction of sp³-hybridized carbons (Fsp3) is 0.0588. The molecule has 0 N–H and O–H groups in total. The van der Waals surface area contributed by atoms with Gasteiger partial charge in [-0.1, -0.05) is 36.6 Å². The molecule has 0 spiro atoms. The highest BCUT2D eigenvalue weighted by Crippen LogP contribution is 2.32. The topological polar surface area (TPSA) is 9.23 Å². The molecule has 0 fully saturated rings. The van der Waals surface area contributed by atoms with E-state index in [-0.39, 0.29) is 11.3 Å². The minimum absolute atomic E-state index is 0.161. The second-order valence-corrected chi connectivity index (χ2v) is 4.11. The molecular weight excluding hydrogens is 277 g/mol. The summed E-state index contributed by atoms with van der Waals surface area (Å²) >= 11 is 0. The van der Waals surface area contributed by atoms with Gasteiger partial charge >= 0.3 is 6.18 Å². The quantitative estimate of drug-likeness (QED) is 0.578. The van der Waals surface area contributed by atoms with Crippen LogP contribution in [0.4, 0.5) is 13.2 Å². The zero-order valence-electron chi connectivity index (χ0n) is 10.9. The largest absolute Gasteiger partial charge is 0.464 e. The van der Waals surface area contributed by atoms with Crippen molar-refractivity contribution in [2.75, 3.05) is 0 Å². The fourth-order valence-electron chi connectivity index (χ4n) is 1.66. The summed E-state index contributed by atoms with van der Waals surface area (Å²) in [7, 11) is 0. The lowest BCUT2D eigenvalue weighted by Gasteiger charge is -2.09. The van der Waals surface area contributed by atoms with Crippen LogP contribution in [0.3, 0.4) is 0 Å². The van der Waals surface area contributed by atoms with E-state index in [1.807, 2.05) is 6.07 Å². The first-order chi connectivity index (χ1) is 10.0. The van der Waals surface area contributed by atoms with Gasteiger partial charge in [0, 0.05) is 5.56 Å². The van der Waals surface area contributed by atoms with E-state index in [1.165, 1.54) is 6.07 Å². The first-order valence-corrected chi connectivity index (χ1v) is 6.06. The van der Waals surface area contributed by atoms with Crippen molar-refractivity contribution >= 4 is 0 Å². The summed E-state index contributed by atoms with van der Waals surface area (Å²) in [5.74, 6) is 5.75. The average molecular weight is 288 g/mol. The van der Waals surface area contributed by atoms with E-state index in [1.54, 1.807) is 24.3 Å². The van der Waals surface area contributed by atoms with E-state index < -0.39 is 11.7 Å². The maximum absolute atomic E-state index is 12.7. The first-order valence-electron chi connectivity index (χ1n) is 6.06. The van der Waals surface area contributed by atoms with E-state index in [9.17, 15) is 13.2 Å². The Morgan fingerprint density at radius 1 is 1.00 bits per heavy atom. The Kier molecular flexibility index (Phi) is 4.34. The number of halogens is 3. The molecule has 0 aliphatic rings. The second kappa shape index (κ2) is 6.19. The monoisotopic (exact) mass is 288 g/mol. The minimum atomic E-state index is -4.42. The van der Waals surface area contributed by atoms with Gasteiger partial charge in [0.1, 0.15) is 5.75 Å². The number of hydrogen-bond donors (Lipinski definition) is 0. The third-order valence-corrected chi connectivity index (χ3v) is 2.63. The Balaban J connectivity index is 2.44. The highest BCUT2D eigenvalue weighted by atomic mass is 19.4. The van der Waals surface area contributed by atoms with Crippen molar-refractivity contribution in [1.29, 1.82) is 0 Å². The van der Waals surface area contributed by atoms with Crippen LogP contribution in [0.5, 0.6) is 5.75 Å². The van der Waals surface area contributed by atoms with Crippen molar-refractivity contribution in [1.82, 2.24) is 0 Å². The zero-order chi connectivity index (χ0) is 15.3. The fourth-order valence-corrected chi connectivity index (χ4v) is 1.66. The van der Waals surface area contributed by atoms with Gasteiger partial charge in [-0.2, -0.15) is 13.2 Å². The Labute approximate surface area is 120 Å². The van der Waals surface area contributed by atoms with E-state index in [4.69, 9.17) is 4.74 Å². The predicted molar refractivity (Wildman–Crippen MR) is 74.7 cm³/mol. The van der Waals surface area contributed by atoms with Crippen LogP contribution in [0.1, 0.15) is 16.7 Å². The molecule has 0 unspecified atom stereocenters. The molecule has 0 saturated heterocycles. The van der Waals surface area contributed by atoms with Gasteiger partial charge in [-0.05, 0) is 30.3 Å². The molecule has 0 heterocycles. The maximum Gasteiger partial charge on any atom is 0.416 e. The van der Waals surface area contributed by atoms with Crippen LogP contribution in [-0.4, -0.2) is 0 Å². The molecule has 0 aliphatic heterocycles. The molecule has 0 aromatic heterocycles. The number of benzene rings is 2. The lowest BCUT2D eigenvalue weighted by atomic mass is 10.1. The van der Waals surface area contributed by atoms with Crippen LogP contribution in [0, 0.1) is 11.8 Å². The summed E-state index contributed by atoms with van der Waals surface area (Å²) in [4.78, 5) is 0. The number of ether oxygens (including phenoxy) is 1. The lowest BCUT2D eigenvalue weighted by molar-refractivity contribution is -0.137. The van der Waals surface area contributed by atoms with Crippen LogP contribution in [-0.2, 0) is 6.18 Å². The molecule has 0 radical (unpaired) electrons. The van der Waals surface area contributed by atoms with E-state index in [0.29, 0.717) is 5.56 Å². The van der Waals surface area contributed by atoms with Gasteiger partial charge in [0.05, 0.1) is 17.4 Å². The van der Waals surface area contributed by atoms with Crippen LogP contribution >= 0.6 is 0 Å². The van der Waals surface area contributed by atoms with Gasteiger partial charge in [0.15, 0.2) is 0 Å².